The second kappa shape index (κ2) is 6.42. The van der Waals surface area contributed by atoms with Gasteiger partial charge < -0.3 is 10.4 Å². The van der Waals surface area contributed by atoms with Gasteiger partial charge in [-0.25, -0.2) is 8.78 Å². The maximum Gasteiger partial charge on any atom is 0.310 e. The summed E-state index contributed by atoms with van der Waals surface area (Å²) in [5, 5.41) is 11.9. The topological polar surface area (TPSA) is 66.4 Å². The Labute approximate surface area is 127 Å². The summed E-state index contributed by atoms with van der Waals surface area (Å²) in [4.78, 5) is 23.4. The smallest absolute Gasteiger partial charge is 0.310 e. The largest absolute Gasteiger partial charge is 0.481 e. The SMILES string of the molecule is CCC(NC(=O)CC1(C(=O)O)CCC1)c1cc(F)ccc1F. The first-order valence-corrected chi connectivity index (χ1v) is 7.35. The molecule has 1 aliphatic carbocycles. The van der Waals surface area contributed by atoms with E-state index < -0.39 is 35.0 Å². The van der Waals surface area contributed by atoms with E-state index in [4.69, 9.17) is 0 Å². The molecule has 120 valence electrons. The Bertz CT molecular complexity index is 585. The Kier molecular flexibility index (Phi) is 4.78. The molecule has 1 saturated carbocycles. The fourth-order valence-corrected chi connectivity index (χ4v) is 2.80. The van der Waals surface area contributed by atoms with Gasteiger partial charge in [-0.1, -0.05) is 13.3 Å². The molecule has 0 spiro atoms. The first-order valence-electron chi connectivity index (χ1n) is 7.35. The predicted molar refractivity (Wildman–Crippen MR) is 76.1 cm³/mol. The van der Waals surface area contributed by atoms with Crippen molar-refractivity contribution in [3.63, 3.8) is 0 Å². The molecule has 4 nitrogen and oxygen atoms in total. The van der Waals surface area contributed by atoms with Crippen molar-refractivity contribution in [3.8, 4) is 0 Å². The monoisotopic (exact) mass is 311 g/mol. The van der Waals surface area contributed by atoms with Crippen LogP contribution in [0.4, 0.5) is 8.78 Å². The van der Waals surface area contributed by atoms with Gasteiger partial charge in [0, 0.05) is 12.0 Å². The highest BCUT2D eigenvalue weighted by Gasteiger charge is 2.46. The van der Waals surface area contributed by atoms with E-state index in [2.05, 4.69) is 5.32 Å². The van der Waals surface area contributed by atoms with Crippen LogP contribution in [0.5, 0.6) is 0 Å². The van der Waals surface area contributed by atoms with Crippen molar-refractivity contribution >= 4 is 11.9 Å². The van der Waals surface area contributed by atoms with Crippen molar-refractivity contribution in [3.05, 3.63) is 35.4 Å². The van der Waals surface area contributed by atoms with Crippen molar-refractivity contribution in [2.45, 2.75) is 45.1 Å². The molecule has 1 aromatic rings. The van der Waals surface area contributed by atoms with Crippen LogP contribution in [0, 0.1) is 17.0 Å². The van der Waals surface area contributed by atoms with Gasteiger partial charge in [0.2, 0.25) is 5.91 Å². The van der Waals surface area contributed by atoms with Crippen molar-refractivity contribution in [1.29, 1.82) is 0 Å². The second-order valence-corrected chi connectivity index (χ2v) is 5.81. The van der Waals surface area contributed by atoms with Crippen LogP contribution in [0.3, 0.4) is 0 Å². The minimum Gasteiger partial charge on any atom is -0.481 e. The van der Waals surface area contributed by atoms with E-state index in [0.29, 0.717) is 19.3 Å². The second-order valence-electron chi connectivity index (χ2n) is 5.81. The molecule has 1 aliphatic rings. The van der Waals surface area contributed by atoms with Gasteiger partial charge in [-0.05, 0) is 37.5 Å². The van der Waals surface area contributed by atoms with Crippen LogP contribution in [0.25, 0.3) is 0 Å². The molecule has 6 heteroatoms. The fourth-order valence-electron chi connectivity index (χ4n) is 2.80. The highest BCUT2D eigenvalue weighted by Crippen LogP contribution is 2.44. The van der Waals surface area contributed by atoms with Gasteiger partial charge in [0.15, 0.2) is 0 Å². The Balaban J connectivity index is 2.08. The summed E-state index contributed by atoms with van der Waals surface area (Å²) in [7, 11) is 0. The first kappa shape index (κ1) is 16.4. The molecule has 1 fully saturated rings. The zero-order chi connectivity index (χ0) is 16.3. The Morgan fingerprint density at radius 1 is 1.36 bits per heavy atom. The van der Waals surface area contributed by atoms with Gasteiger partial charge in [0.1, 0.15) is 11.6 Å². The summed E-state index contributed by atoms with van der Waals surface area (Å²) in [6.07, 6.45) is 1.99. The van der Waals surface area contributed by atoms with E-state index in [9.17, 15) is 23.5 Å². The number of carboxylic acid groups (broad SMARTS) is 1. The number of carbonyl (C=O) groups is 2. The molecule has 0 aliphatic heterocycles. The van der Waals surface area contributed by atoms with E-state index in [1.807, 2.05) is 0 Å². The van der Waals surface area contributed by atoms with E-state index in [1.165, 1.54) is 0 Å². The standard InChI is InChI=1S/C16H19F2NO3/c1-2-13(11-8-10(17)4-5-12(11)18)19-14(20)9-16(15(21)22)6-3-7-16/h4-5,8,13H,2-3,6-7,9H2,1H3,(H,19,20)(H,21,22). The summed E-state index contributed by atoms with van der Waals surface area (Å²) in [5.74, 6) is -2.59. The minimum atomic E-state index is -0.997. The lowest BCUT2D eigenvalue weighted by Crippen LogP contribution is -2.43. The Morgan fingerprint density at radius 3 is 2.55 bits per heavy atom. The van der Waals surface area contributed by atoms with Crippen LogP contribution in [0.2, 0.25) is 0 Å². The summed E-state index contributed by atoms with van der Waals surface area (Å²) in [6, 6.07) is 2.42. The van der Waals surface area contributed by atoms with E-state index in [0.717, 1.165) is 24.6 Å². The molecule has 0 bridgehead atoms. The van der Waals surface area contributed by atoms with Gasteiger partial charge in [0.25, 0.3) is 0 Å². The van der Waals surface area contributed by atoms with Crippen molar-refractivity contribution < 1.29 is 23.5 Å². The van der Waals surface area contributed by atoms with Gasteiger partial charge in [0.05, 0.1) is 11.5 Å². The number of aliphatic carboxylic acids is 1. The Hall–Kier alpha value is -1.98. The number of hydrogen-bond donors (Lipinski definition) is 2. The molecular weight excluding hydrogens is 292 g/mol. The van der Waals surface area contributed by atoms with Crippen molar-refractivity contribution in [2.24, 2.45) is 5.41 Å². The molecule has 22 heavy (non-hydrogen) atoms. The summed E-state index contributed by atoms with van der Waals surface area (Å²) >= 11 is 0. The zero-order valence-corrected chi connectivity index (χ0v) is 12.4. The van der Waals surface area contributed by atoms with Crippen molar-refractivity contribution in [2.75, 3.05) is 0 Å². The molecule has 2 N–H and O–H groups in total. The molecule has 0 aromatic heterocycles. The zero-order valence-electron chi connectivity index (χ0n) is 12.4. The highest BCUT2D eigenvalue weighted by molar-refractivity contribution is 5.85. The number of carboxylic acids is 1. The van der Waals surface area contributed by atoms with Crippen molar-refractivity contribution in [1.82, 2.24) is 5.32 Å². The summed E-state index contributed by atoms with van der Waals surface area (Å²) in [5.41, 5.74) is -0.920. The van der Waals surface area contributed by atoms with Crippen LogP contribution in [-0.4, -0.2) is 17.0 Å². The molecular formula is C16H19F2NO3. The molecule has 2 rings (SSSR count). The van der Waals surface area contributed by atoms with Crippen LogP contribution < -0.4 is 5.32 Å². The maximum absolute atomic E-state index is 13.8. The van der Waals surface area contributed by atoms with Gasteiger partial charge in [-0.3, -0.25) is 9.59 Å². The lowest BCUT2D eigenvalue weighted by atomic mass is 9.66. The number of rotatable bonds is 6. The Morgan fingerprint density at radius 2 is 2.05 bits per heavy atom. The molecule has 1 unspecified atom stereocenters. The quantitative estimate of drug-likeness (QED) is 0.848. The van der Waals surface area contributed by atoms with Crippen LogP contribution >= 0.6 is 0 Å². The summed E-state index contributed by atoms with van der Waals surface area (Å²) < 4.78 is 27.1. The van der Waals surface area contributed by atoms with E-state index in [-0.39, 0.29) is 12.0 Å². The molecule has 1 amide bonds. The molecule has 1 aromatic carbocycles. The molecule has 0 radical (unpaired) electrons. The van der Waals surface area contributed by atoms with E-state index in [1.54, 1.807) is 6.92 Å². The van der Waals surface area contributed by atoms with Gasteiger partial charge in [-0.2, -0.15) is 0 Å². The average Bonchev–Trinajstić information content (AvgIpc) is 2.42. The fraction of sp³-hybridized carbons (Fsp3) is 0.500. The number of carbonyl (C=O) groups excluding carboxylic acids is 1. The highest BCUT2D eigenvalue weighted by atomic mass is 19.1. The average molecular weight is 311 g/mol. The first-order chi connectivity index (χ1) is 10.4. The molecule has 0 heterocycles. The third-order valence-corrected chi connectivity index (χ3v) is 4.34. The lowest BCUT2D eigenvalue weighted by molar-refractivity contribution is -0.157. The molecule has 0 saturated heterocycles. The van der Waals surface area contributed by atoms with E-state index >= 15 is 0 Å². The number of nitrogens with one attached hydrogen (secondary N) is 1. The maximum atomic E-state index is 13.8. The number of hydrogen-bond acceptors (Lipinski definition) is 2. The van der Waals surface area contributed by atoms with Crippen LogP contribution in [0.15, 0.2) is 18.2 Å². The van der Waals surface area contributed by atoms with Gasteiger partial charge >= 0.3 is 5.97 Å². The van der Waals surface area contributed by atoms with Crippen LogP contribution in [0.1, 0.15) is 50.6 Å². The van der Waals surface area contributed by atoms with Crippen LogP contribution in [-0.2, 0) is 9.59 Å². The molecule has 1 atom stereocenters. The lowest BCUT2D eigenvalue weighted by Gasteiger charge is -2.37. The third kappa shape index (κ3) is 3.26. The predicted octanol–water partition coefficient (Wildman–Crippen LogP) is 3.18. The number of amides is 1. The minimum absolute atomic E-state index is 0.0776. The summed E-state index contributed by atoms with van der Waals surface area (Å²) in [6.45, 7) is 1.74. The number of halogens is 2. The normalized spacial score (nSPS) is 17.4. The van der Waals surface area contributed by atoms with Gasteiger partial charge in [-0.15, -0.1) is 0 Å². The number of benzene rings is 1. The third-order valence-electron chi connectivity index (χ3n) is 4.34.